The topological polar surface area (TPSA) is 121 Å². The van der Waals surface area contributed by atoms with Crippen LogP contribution >= 0.6 is 0 Å². The maximum absolute atomic E-state index is 12.9. The Kier molecular flexibility index (Phi) is 4.61. The van der Waals surface area contributed by atoms with E-state index in [4.69, 9.17) is 9.29 Å². The Hall–Kier alpha value is -1.48. The molecule has 3 N–H and O–H groups in total. The quantitative estimate of drug-likeness (QED) is 0.385. The summed E-state index contributed by atoms with van der Waals surface area (Å²) in [6.45, 7) is -1.20. The lowest BCUT2D eigenvalue weighted by Crippen LogP contribution is -2.47. The van der Waals surface area contributed by atoms with Gasteiger partial charge in [-0.15, -0.1) is 0 Å². The zero-order valence-electron chi connectivity index (χ0n) is 15.6. The third kappa shape index (κ3) is 3.26. The Morgan fingerprint density at radius 2 is 1.68 bits per heavy atom. The van der Waals surface area contributed by atoms with Gasteiger partial charge in [-0.3, -0.25) is 9.35 Å². The number of fused-ring (bicyclic) bond motifs is 1. The lowest BCUT2D eigenvalue weighted by molar-refractivity contribution is -0.181. The van der Waals surface area contributed by atoms with Crippen molar-refractivity contribution in [3.05, 3.63) is 35.9 Å². The minimum Gasteiger partial charge on any atom is -0.458 e. The second kappa shape index (κ2) is 6.52. The second-order valence-corrected chi connectivity index (χ2v) is 10.6. The first-order valence-corrected chi connectivity index (χ1v) is 11.1. The van der Waals surface area contributed by atoms with Crippen molar-refractivity contribution in [2.75, 3.05) is 6.61 Å². The molecule has 0 heterocycles. The third-order valence-corrected chi connectivity index (χ3v) is 8.03. The summed E-state index contributed by atoms with van der Waals surface area (Å²) in [7, 11) is -5.17. The molecule has 4 bridgehead atoms. The third-order valence-electron chi connectivity index (χ3n) is 7.09. The van der Waals surface area contributed by atoms with Crippen LogP contribution in [0.3, 0.4) is 0 Å². The average Bonchev–Trinajstić information content (AvgIpc) is 2.82. The van der Waals surface area contributed by atoms with Crippen molar-refractivity contribution in [1.29, 1.82) is 0 Å². The van der Waals surface area contributed by atoms with Crippen LogP contribution in [0.4, 0.5) is 0 Å². The summed E-state index contributed by atoms with van der Waals surface area (Å²) < 4.78 is 36.0. The zero-order chi connectivity index (χ0) is 20.2. The number of hydrogen-bond donors (Lipinski definition) is 3. The largest absolute Gasteiger partial charge is 0.458 e. The van der Waals surface area contributed by atoms with E-state index in [0.717, 1.165) is 25.7 Å². The molecule has 8 heteroatoms. The highest BCUT2D eigenvalue weighted by Crippen LogP contribution is 2.62. The molecule has 4 fully saturated rings. The van der Waals surface area contributed by atoms with Gasteiger partial charge in [0.05, 0.1) is 5.41 Å². The van der Waals surface area contributed by atoms with Crippen molar-refractivity contribution in [3.8, 4) is 0 Å². The normalized spacial score (nSPS) is 34.8. The number of rotatable bonds is 5. The summed E-state index contributed by atoms with van der Waals surface area (Å²) >= 11 is 0. The monoisotopic (exact) mass is 410 g/mol. The molecule has 5 rings (SSSR count). The van der Waals surface area contributed by atoms with E-state index in [-0.39, 0.29) is 5.41 Å². The molecule has 0 aliphatic heterocycles. The number of carbonyl (C=O) groups excluding carboxylic acids is 1. The predicted molar refractivity (Wildman–Crippen MR) is 99.5 cm³/mol. The molecule has 0 saturated heterocycles. The Balaban J connectivity index is 1.56. The number of aliphatic hydroxyl groups is 2. The average molecular weight is 410 g/mol. The molecule has 7 nitrogen and oxygen atoms in total. The molecule has 0 spiro atoms. The maximum Gasteiger partial charge on any atom is 0.330 e. The van der Waals surface area contributed by atoms with Crippen molar-refractivity contribution in [1.82, 2.24) is 0 Å². The van der Waals surface area contributed by atoms with E-state index < -0.39 is 33.2 Å². The Bertz CT molecular complexity index is 848. The molecule has 1 aromatic carbocycles. The van der Waals surface area contributed by atoms with E-state index in [1.54, 1.807) is 0 Å². The van der Waals surface area contributed by atoms with Gasteiger partial charge in [-0.1, -0.05) is 30.3 Å². The molecule has 4 aliphatic rings. The van der Waals surface area contributed by atoms with E-state index in [0.29, 0.717) is 31.1 Å². The van der Waals surface area contributed by atoms with Gasteiger partial charge in [0.2, 0.25) is 0 Å². The van der Waals surface area contributed by atoms with Crippen LogP contribution < -0.4 is 0 Å². The molecular formula is C20H26O7S. The molecule has 28 heavy (non-hydrogen) atoms. The fraction of sp³-hybridized carbons (Fsp3) is 0.650. The molecule has 4 aliphatic carbocycles. The van der Waals surface area contributed by atoms with Gasteiger partial charge in [-0.25, -0.2) is 0 Å². The van der Waals surface area contributed by atoms with Gasteiger partial charge in [0, 0.05) is 0 Å². The molecule has 0 radical (unpaired) electrons. The van der Waals surface area contributed by atoms with E-state index in [2.05, 4.69) is 12.1 Å². The Labute approximate surface area is 164 Å². The molecule has 2 unspecified atom stereocenters. The second-order valence-electron chi connectivity index (χ2n) is 9.01. The summed E-state index contributed by atoms with van der Waals surface area (Å²) in [6, 6.07) is 10.4. The van der Waals surface area contributed by atoms with Gasteiger partial charge in [0.1, 0.15) is 0 Å². The standard InChI is InChI=1S/C20H26O7S/c21-17(27-13-20(22,23)28(24,25)26)19-7-6-18(16-4-2-1-3-5-16)9-14(11-19)8-15(10-18)12-19/h1-5,14-15,22-23H,6-13H2,(H,24,25,26). The fourth-order valence-corrected chi connectivity index (χ4v) is 6.25. The van der Waals surface area contributed by atoms with Crippen LogP contribution in [0.2, 0.25) is 0 Å². The molecule has 4 saturated carbocycles. The zero-order valence-corrected chi connectivity index (χ0v) is 16.4. The highest BCUT2D eigenvalue weighted by atomic mass is 32.2. The number of ether oxygens (including phenoxy) is 1. The van der Waals surface area contributed by atoms with Crippen LogP contribution in [0.15, 0.2) is 30.3 Å². The summed E-state index contributed by atoms with van der Waals surface area (Å²) in [6.07, 6.45) is 5.96. The van der Waals surface area contributed by atoms with Gasteiger partial charge in [-0.2, -0.15) is 8.42 Å². The van der Waals surface area contributed by atoms with Gasteiger partial charge in [-0.05, 0) is 67.8 Å². The SMILES string of the molecule is O=C(OCC(O)(O)S(=O)(=O)O)C12CCC3(c4ccccc4)CC(CC(C1)C3)C2. The van der Waals surface area contributed by atoms with Gasteiger partial charge in [0.15, 0.2) is 6.61 Å². The number of hydrogen-bond acceptors (Lipinski definition) is 6. The molecule has 0 amide bonds. The van der Waals surface area contributed by atoms with Crippen LogP contribution in [0.5, 0.6) is 0 Å². The highest BCUT2D eigenvalue weighted by Gasteiger charge is 2.57. The smallest absolute Gasteiger partial charge is 0.330 e. The maximum atomic E-state index is 12.9. The van der Waals surface area contributed by atoms with Crippen LogP contribution in [-0.4, -0.2) is 40.9 Å². The van der Waals surface area contributed by atoms with Crippen molar-refractivity contribution >= 4 is 16.1 Å². The summed E-state index contributed by atoms with van der Waals surface area (Å²) in [5, 5.41) is 15.4. The van der Waals surface area contributed by atoms with Crippen molar-refractivity contribution in [2.24, 2.45) is 17.3 Å². The van der Waals surface area contributed by atoms with Crippen molar-refractivity contribution in [3.63, 3.8) is 0 Å². The van der Waals surface area contributed by atoms with Crippen LogP contribution in [0, 0.1) is 17.3 Å². The first-order valence-electron chi connectivity index (χ1n) is 9.70. The van der Waals surface area contributed by atoms with Gasteiger partial charge in [0.25, 0.3) is 0 Å². The van der Waals surface area contributed by atoms with E-state index in [1.807, 2.05) is 18.2 Å². The van der Waals surface area contributed by atoms with E-state index >= 15 is 0 Å². The summed E-state index contributed by atoms with van der Waals surface area (Å²) in [4.78, 5) is 12.9. The molecule has 2 atom stereocenters. The molecule has 154 valence electrons. The predicted octanol–water partition coefficient (Wildman–Crippen LogP) is 1.98. The Morgan fingerprint density at radius 3 is 2.25 bits per heavy atom. The lowest BCUT2D eigenvalue weighted by Gasteiger charge is -2.47. The van der Waals surface area contributed by atoms with Crippen molar-refractivity contribution in [2.45, 2.75) is 55.5 Å². The highest BCUT2D eigenvalue weighted by molar-refractivity contribution is 7.86. The van der Waals surface area contributed by atoms with E-state index in [1.165, 1.54) is 5.56 Å². The summed E-state index contributed by atoms with van der Waals surface area (Å²) in [5.41, 5.74) is 0.641. The molecule has 1 aromatic rings. The molecular weight excluding hydrogens is 384 g/mol. The Morgan fingerprint density at radius 1 is 1.07 bits per heavy atom. The van der Waals surface area contributed by atoms with Crippen molar-refractivity contribution < 1.29 is 32.7 Å². The minimum absolute atomic E-state index is 0.0551. The number of carbonyl (C=O) groups is 1. The number of benzene rings is 1. The molecule has 0 aromatic heterocycles. The van der Waals surface area contributed by atoms with E-state index in [9.17, 15) is 23.4 Å². The van der Waals surface area contributed by atoms with Crippen LogP contribution in [0.25, 0.3) is 0 Å². The fourth-order valence-electron chi connectivity index (χ4n) is 6.04. The number of esters is 1. The first kappa shape index (κ1) is 19.8. The van der Waals surface area contributed by atoms with Gasteiger partial charge < -0.3 is 14.9 Å². The minimum atomic E-state index is -5.17. The lowest BCUT2D eigenvalue weighted by atomic mass is 9.57. The van der Waals surface area contributed by atoms with Gasteiger partial charge >= 0.3 is 21.2 Å². The summed E-state index contributed by atoms with van der Waals surface area (Å²) in [5.74, 6) is 0.179. The first-order chi connectivity index (χ1) is 13.1. The van der Waals surface area contributed by atoms with Crippen LogP contribution in [-0.2, 0) is 25.1 Å². The van der Waals surface area contributed by atoms with Crippen LogP contribution in [0.1, 0.15) is 50.5 Å².